The summed E-state index contributed by atoms with van der Waals surface area (Å²) in [5.74, 6) is 1.91. The van der Waals surface area contributed by atoms with E-state index in [0.29, 0.717) is 36.1 Å². The topological polar surface area (TPSA) is 93.9 Å². The van der Waals surface area contributed by atoms with Crippen molar-refractivity contribution in [1.29, 1.82) is 0 Å². The first-order valence-corrected chi connectivity index (χ1v) is 9.23. The number of nitrogens with one attached hydrogen (secondary N) is 1. The molecule has 1 atom stereocenters. The quantitative estimate of drug-likeness (QED) is 0.642. The van der Waals surface area contributed by atoms with Gasteiger partial charge in [0.25, 0.3) is 0 Å². The first-order chi connectivity index (χ1) is 14.1. The van der Waals surface area contributed by atoms with Crippen LogP contribution in [0.1, 0.15) is 18.0 Å². The van der Waals surface area contributed by atoms with Gasteiger partial charge in [0.05, 0.1) is 26.1 Å². The van der Waals surface area contributed by atoms with E-state index in [1.165, 1.54) is 12.4 Å². The Kier molecular flexibility index (Phi) is 5.03. The van der Waals surface area contributed by atoms with Gasteiger partial charge in [0.2, 0.25) is 5.91 Å². The van der Waals surface area contributed by atoms with E-state index >= 15 is 0 Å². The number of carbonyl (C=O) groups is 1. The molecule has 1 aromatic carbocycles. The van der Waals surface area contributed by atoms with Gasteiger partial charge >= 0.3 is 0 Å². The molecular formula is C20H22N6O3. The molecule has 1 saturated heterocycles. The van der Waals surface area contributed by atoms with Crippen molar-refractivity contribution in [1.82, 2.24) is 24.5 Å². The molecule has 3 aromatic rings. The summed E-state index contributed by atoms with van der Waals surface area (Å²) in [7, 11) is 3.19. The van der Waals surface area contributed by atoms with E-state index in [-0.39, 0.29) is 11.8 Å². The van der Waals surface area contributed by atoms with Crippen LogP contribution in [-0.4, -0.2) is 57.7 Å². The number of rotatable bonds is 6. The van der Waals surface area contributed by atoms with Gasteiger partial charge in [-0.3, -0.25) is 4.79 Å². The van der Waals surface area contributed by atoms with Crippen LogP contribution < -0.4 is 14.8 Å². The molecule has 0 spiro atoms. The molecule has 0 bridgehead atoms. The van der Waals surface area contributed by atoms with Crippen LogP contribution >= 0.6 is 0 Å². The maximum absolute atomic E-state index is 11.9. The summed E-state index contributed by atoms with van der Waals surface area (Å²) in [6, 6.07) is 5.53. The van der Waals surface area contributed by atoms with E-state index in [2.05, 4.69) is 22.0 Å². The van der Waals surface area contributed by atoms with Crippen molar-refractivity contribution in [2.45, 2.75) is 12.3 Å². The van der Waals surface area contributed by atoms with Crippen molar-refractivity contribution in [2.24, 2.45) is 0 Å². The number of hydrogen-bond acceptors (Lipinski definition) is 7. The molecule has 1 fully saturated rings. The average molecular weight is 394 g/mol. The standard InChI is InChI=1S/C20H22N6O3/c1-4-18(27)25-8-7-13(10-25)15-11-26-20(21-12-22-26)19(24-15)23-14-5-6-16(28-2)17(9-14)29-3/h4-6,9,11-13H,1,7-8,10H2,2-3H3,(H,23,24). The Morgan fingerprint density at radius 1 is 1.31 bits per heavy atom. The van der Waals surface area contributed by atoms with E-state index < -0.39 is 0 Å². The number of hydrogen-bond donors (Lipinski definition) is 1. The minimum Gasteiger partial charge on any atom is -0.493 e. The number of aromatic nitrogens is 4. The molecule has 0 saturated carbocycles. The van der Waals surface area contributed by atoms with E-state index in [4.69, 9.17) is 14.5 Å². The normalized spacial score (nSPS) is 16.1. The predicted molar refractivity (Wildman–Crippen MR) is 108 cm³/mol. The summed E-state index contributed by atoms with van der Waals surface area (Å²) in [4.78, 5) is 22.8. The van der Waals surface area contributed by atoms with Crippen LogP contribution in [0.15, 0.2) is 43.4 Å². The van der Waals surface area contributed by atoms with Crippen molar-refractivity contribution in [3.8, 4) is 11.5 Å². The maximum Gasteiger partial charge on any atom is 0.245 e. The molecule has 1 N–H and O–H groups in total. The first kappa shape index (κ1) is 18.7. The molecule has 0 aliphatic carbocycles. The molecule has 1 aliphatic rings. The lowest BCUT2D eigenvalue weighted by atomic mass is 10.1. The fraction of sp³-hybridized carbons (Fsp3) is 0.300. The number of anilines is 2. The fourth-order valence-corrected chi connectivity index (χ4v) is 3.51. The van der Waals surface area contributed by atoms with Crippen molar-refractivity contribution in [3.63, 3.8) is 0 Å². The van der Waals surface area contributed by atoms with Gasteiger partial charge in [0.1, 0.15) is 6.33 Å². The summed E-state index contributed by atoms with van der Waals surface area (Å²) >= 11 is 0. The Morgan fingerprint density at radius 2 is 2.14 bits per heavy atom. The average Bonchev–Trinajstić information content (AvgIpc) is 3.42. The Balaban J connectivity index is 1.66. The predicted octanol–water partition coefficient (Wildman–Crippen LogP) is 2.39. The molecule has 1 amide bonds. The number of amides is 1. The lowest BCUT2D eigenvalue weighted by molar-refractivity contribution is -0.125. The zero-order valence-corrected chi connectivity index (χ0v) is 16.3. The zero-order chi connectivity index (χ0) is 20.4. The van der Waals surface area contributed by atoms with Crippen molar-refractivity contribution < 1.29 is 14.3 Å². The molecule has 1 unspecified atom stereocenters. The molecule has 0 radical (unpaired) electrons. The lowest BCUT2D eigenvalue weighted by Crippen LogP contribution is -2.26. The van der Waals surface area contributed by atoms with Crippen LogP contribution in [0.4, 0.5) is 11.5 Å². The van der Waals surface area contributed by atoms with Crippen LogP contribution in [0.3, 0.4) is 0 Å². The summed E-state index contributed by atoms with van der Waals surface area (Å²) in [5.41, 5.74) is 2.25. The number of ether oxygens (including phenoxy) is 2. The van der Waals surface area contributed by atoms with Crippen LogP contribution in [0, 0.1) is 0 Å². The molecule has 9 heteroatoms. The van der Waals surface area contributed by atoms with Crippen LogP contribution in [0.2, 0.25) is 0 Å². The minimum absolute atomic E-state index is 0.0574. The number of fused-ring (bicyclic) bond motifs is 1. The van der Waals surface area contributed by atoms with Gasteiger partial charge in [-0.1, -0.05) is 6.58 Å². The van der Waals surface area contributed by atoms with Gasteiger partial charge in [-0.15, -0.1) is 0 Å². The summed E-state index contributed by atoms with van der Waals surface area (Å²) in [6.07, 6.45) is 5.54. The minimum atomic E-state index is -0.0574. The number of benzene rings is 1. The Labute approximate surface area is 168 Å². The largest absolute Gasteiger partial charge is 0.493 e. The molecule has 29 heavy (non-hydrogen) atoms. The highest BCUT2D eigenvalue weighted by Gasteiger charge is 2.28. The number of nitrogens with zero attached hydrogens (tertiary/aromatic N) is 5. The molecule has 4 rings (SSSR count). The van der Waals surface area contributed by atoms with E-state index in [1.54, 1.807) is 23.6 Å². The second kappa shape index (κ2) is 7.78. The number of carbonyl (C=O) groups excluding carboxylic acids is 1. The smallest absolute Gasteiger partial charge is 0.245 e. The number of likely N-dealkylation sites (tertiary alicyclic amines) is 1. The van der Waals surface area contributed by atoms with Crippen molar-refractivity contribution >= 4 is 23.1 Å². The third-order valence-electron chi connectivity index (χ3n) is 5.02. The number of methoxy groups -OCH3 is 2. The molecule has 9 nitrogen and oxygen atoms in total. The Bertz CT molecular complexity index is 1060. The summed E-state index contributed by atoms with van der Waals surface area (Å²) in [6.45, 7) is 4.86. The third kappa shape index (κ3) is 3.58. The highest BCUT2D eigenvalue weighted by atomic mass is 16.5. The fourth-order valence-electron chi connectivity index (χ4n) is 3.51. The second-order valence-electron chi connectivity index (χ2n) is 6.71. The van der Waals surface area contributed by atoms with E-state index in [9.17, 15) is 4.79 Å². The maximum atomic E-state index is 11.9. The van der Waals surface area contributed by atoms with Gasteiger partial charge in [-0.2, -0.15) is 5.10 Å². The van der Waals surface area contributed by atoms with Gasteiger partial charge in [-0.25, -0.2) is 14.5 Å². The molecule has 150 valence electrons. The Hall–Kier alpha value is -3.62. The molecule has 3 heterocycles. The second-order valence-corrected chi connectivity index (χ2v) is 6.71. The van der Waals surface area contributed by atoms with Gasteiger partial charge in [-0.05, 0) is 24.6 Å². The summed E-state index contributed by atoms with van der Waals surface area (Å²) in [5, 5.41) is 7.57. The SMILES string of the molecule is C=CC(=O)N1CCC(c2cn3ncnc3c(Nc3ccc(OC)c(OC)c3)n2)C1. The summed E-state index contributed by atoms with van der Waals surface area (Å²) < 4.78 is 12.4. The highest BCUT2D eigenvalue weighted by Crippen LogP contribution is 2.32. The van der Waals surface area contributed by atoms with Crippen LogP contribution in [0.25, 0.3) is 5.65 Å². The Morgan fingerprint density at radius 3 is 2.90 bits per heavy atom. The molecule has 2 aromatic heterocycles. The first-order valence-electron chi connectivity index (χ1n) is 9.23. The molecular weight excluding hydrogens is 372 g/mol. The van der Waals surface area contributed by atoms with Crippen LogP contribution in [0.5, 0.6) is 11.5 Å². The van der Waals surface area contributed by atoms with E-state index in [1.807, 2.05) is 24.4 Å². The zero-order valence-electron chi connectivity index (χ0n) is 16.3. The third-order valence-corrected chi connectivity index (χ3v) is 5.02. The molecule has 1 aliphatic heterocycles. The highest BCUT2D eigenvalue weighted by molar-refractivity contribution is 5.87. The van der Waals surface area contributed by atoms with Crippen molar-refractivity contribution in [2.75, 3.05) is 32.6 Å². The van der Waals surface area contributed by atoms with Gasteiger partial charge < -0.3 is 19.7 Å². The van der Waals surface area contributed by atoms with Gasteiger partial charge in [0.15, 0.2) is 23.0 Å². The van der Waals surface area contributed by atoms with E-state index in [0.717, 1.165) is 17.8 Å². The van der Waals surface area contributed by atoms with Crippen LogP contribution in [-0.2, 0) is 4.79 Å². The van der Waals surface area contributed by atoms with Crippen molar-refractivity contribution in [3.05, 3.63) is 49.1 Å². The lowest BCUT2D eigenvalue weighted by Gasteiger charge is -2.15. The monoisotopic (exact) mass is 394 g/mol. The van der Waals surface area contributed by atoms with Gasteiger partial charge in [0, 0.05) is 30.8 Å².